The minimum atomic E-state index is -1.10. The minimum absolute atomic E-state index is 0.0135. The summed E-state index contributed by atoms with van der Waals surface area (Å²) in [5.41, 5.74) is 5.19. The van der Waals surface area contributed by atoms with Crippen LogP contribution in [0.25, 0.3) is 11.2 Å². The number of imide groups is 2. The first-order valence-electron chi connectivity index (χ1n) is 23.8. The topological polar surface area (TPSA) is 215 Å². The molecule has 2 aromatic heterocycles. The number of carboxylic acids is 1. The molecule has 0 spiro atoms. The zero-order valence-electron chi connectivity index (χ0n) is 37.5. The lowest BCUT2D eigenvalue weighted by Gasteiger charge is -2.56. The summed E-state index contributed by atoms with van der Waals surface area (Å²) >= 11 is 0. The van der Waals surface area contributed by atoms with Gasteiger partial charge in [-0.25, -0.2) is 25.0 Å². The highest BCUT2D eigenvalue weighted by molar-refractivity contribution is 6.23. The summed E-state index contributed by atoms with van der Waals surface area (Å²) in [5, 5.41) is 23.9. The summed E-state index contributed by atoms with van der Waals surface area (Å²) in [5.74, 6) is -2.12. The van der Waals surface area contributed by atoms with Crippen molar-refractivity contribution in [3.63, 3.8) is 0 Å². The lowest BCUT2D eigenvalue weighted by molar-refractivity contribution is -0.196. The number of hydrogen-bond acceptors (Lipinski definition) is 13. The van der Waals surface area contributed by atoms with E-state index in [1.807, 2.05) is 41.7 Å². The molecule has 3 atom stereocenters. The molecule has 7 aliphatic rings. The predicted octanol–water partition coefficient (Wildman–Crippen LogP) is 4.35. The van der Waals surface area contributed by atoms with Gasteiger partial charge in [-0.1, -0.05) is 48.5 Å². The average Bonchev–Trinajstić information content (AvgIpc) is 3.87. The van der Waals surface area contributed by atoms with Gasteiger partial charge in [0.05, 0.1) is 23.9 Å². The number of hydrogen-bond donors (Lipinski definition) is 4. The zero-order chi connectivity index (χ0) is 46.6. The quantitative estimate of drug-likeness (QED) is 0.121. The maximum Gasteiger partial charge on any atom is 0.326 e. The molecule has 5 aromatic rings. The molecule has 6 fully saturated rings. The van der Waals surface area contributed by atoms with Crippen LogP contribution in [-0.4, -0.2) is 131 Å². The number of anilines is 2. The molecule has 0 unspecified atom stereocenters. The predicted molar refractivity (Wildman–Crippen MR) is 247 cm³/mol. The van der Waals surface area contributed by atoms with Crippen LogP contribution < -0.4 is 16.0 Å². The molecule has 3 aromatic carbocycles. The Morgan fingerprint density at radius 2 is 1.57 bits per heavy atom. The van der Waals surface area contributed by atoms with E-state index >= 15 is 0 Å². The van der Waals surface area contributed by atoms with Crippen LogP contribution in [-0.2, 0) is 25.6 Å². The van der Waals surface area contributed by atoms with Gasteiger partial charge in [-0.2, -0.15) is 0 Å². The SMILES string of the molecule is O=C1CC[C@H](N2C(=O)c3ccc([C@@H](C(=O)O)N4[C@H](CN5CCC(c6ccc(Nc7ncnc8c7ncn8C7CC(NC(=O)Cc8ccccc8)C7)cc6)CC5)C5CCN4CC5)cc3C2=O)C(=O)N1. The van der Waals surface area contributed by atoms with Gasteiger partial charge in [0.2, 0.25) is 17.7 Å². The molecule has 1 saturated carbocycles. The van der Waals surface area contributed by atoms with Crippen LogP contribution in [0.4, 0.5) is 11.5 Å². The Labute approximate surface area is 392 Å². The summed E-state index contributed by atoms with van der Waals surface area (Å²) < 4.78 is 2.08. The van der Waals surface area contributed by atoms with Crippen molar-refractivity contribution in [2.75, 3.05) is 38.0 Å². The van der Waals surface area contributed by atoms with E-state index in [0.29, 0.717) is 41.7 Å². The number of carbonyl (C=O) groups is 6. The summed E-state index contributed by atoms with van der Waals surface area (Å²) in [6.45, 7) is 3.94. The fourth-order valence-electron chi connectivity index (χ4n) is 11.5. The summed E-state index contributed by atoms with van der Waals surface area (Å²) in [6, 6.07) is 20.9. The van der Waals surface area contributed by atoms with Crippen molar-refractivity contribution in [2.45, 2.75) is 93.9 Å². The minimum Gasteiger partial charge on any atom is -0.480 e. The maximum atomic E-state index is 13.7. The van der Waals surface area contributed by atoms with E-state index in [4.69, 9.17) is 4.98 Å². The third-order valence-corrected chi connectivity index (χ3v) is 15.1. The Balaban J connectivity index is 0.711. The van der Waals surface area contributed by atoms with Gasteiger partial charge in [0.1, 0.15) is 18.4 Å². The number of amides is 5. The number of benzene rings is 3. The van der Waals surface area contributed by atoms with E-state index < -0.39 is 41.7 Å². The summed E-state index contributed by atoms with van der Waals surface area (Å²) in [4.78, 5) is 94.6. The molecular formula is C50H53N11O7. The normalized spacial score (nSPS) is 25.8. The van der Waals surface area contributed by atoms with Crippen molar-refractivity contribution in [3.8, 4) is 0 Å². The number of fused-ring (bicyclic) bond motifs is 5. The van der Waals surface area contributed by atoms with Gasteiger partial charge in [-0.3, -0.25) is 39.0 Å². The second kappa shape index (κ2) is 18.0. The molecule has 5 saturated heterocycles. The summed E-state index contributed by atoms with van der Waals surface area (Å²) in [7, 11) is 0. The van der Waals surface area contributed by atoms with Gasteiger partial charge >= 0.3 is 5.97 Å². The second-order valence-electron chi connectivity index (χ2n) is 19.2. The van der Waals surface area contributed by atoms with Crippen molar-refractivity contribution in [3.05, 3.63) is 113 Å². The highest BCUT2D eigenvalue weighted by Crippen LogP contribution is 2.42. The molecule has 12 rings (SSSR count). The van der Waals surface area contributed by atoms with E-state index in [1.54, 1.807) is 12.4 Å². The molecule has 8 heterocycles. The lowest BCUT2D eigenvalue weighted by Crippen LogP contribution is -2.66. The first kappa shape index (κ1) is 43.7. The fourth-order valence-corrected chi connectivity index (χ4v) is 11.5. The number of hydrazine groups is 1. The molecule has 6 aliphatic heterocycles. The highest BCUT2D eigenvalue weighted by Gasteiger charge is 2.49. The van der Waals surface area contributed by atoms with E-state index in [0.717, 1.165) is 86.5 Å². The molecule has 18 nitrogen and oxygen atoms in total. The maximum absolute atomic E-state index is 13.7. The van der Waals surface area contributed by atoms with Crippen LogP contribution in [0.5, 0.6) is 0 Å². The molecule has 4 N–H and O–H groups in total. The van der Waals surface area contributed by atoms with E-state index in [-0.39, 0.29) is 48.0 Å². The van der Waals surface area contributed by atoms with Crippen molar-refractivity contribution >= 4 is 58.2 Å². The number of carboxylic acid groups (broad SMARTS) is 1. The number of piperidine rings is 3. The zero-order valence-corrected chi connectivity index (χ0v) is 37.5. The van der Waals surface area contributed by atoms with Crippen LogP contribution in [0.15, 0.2) is 85.5 Å². The number of likely N-dealkylation sites (tertiary alicyclic amines) is 1. The first-order valence-corrected chi connectivity index (χ1v) is 23.8. The van der Waals surface area contributed by atoms with Crippen molar-refractivity contribution in [2.24, 2.45) is 5.92 Å². The molecule has 2 bridgehead atoms. The van der Waals surface area contributed by atoms with E-state index in [1.165, 1.54) is 17.7 Å². The number of aromatic nitrogens is 4. The fraction of sp³-hybridized carbons (Fsp3) is 0.420. The van der Waals surface area contributed by atoms with E-state index in [2.05, 4.69) is 64.7 Å². The Hall–Kier alpha value is -6.89. The van der Waals surface area contributed by atoms with Crippen LogP contribution in [0.1, 0.15) is 107 Å². The number of aliphatic carboxylic acids is 1. The van der Waals surface area contributed by atoms with Crippen LogP contribution >= 0.6 is 0 Å². The standard InChI is InChI=1S/C50H53N11O7/c62-41-13-12-39(47(64)56-41)60-48(65)37-11-8-33(23-38(37)49(60)66)44(50(67)68)61-40(32-16-20-58(61)21-17-32)26-57-18-14-31(15-19-57)30-6-9-34(10-7-30)55-45-43-46(52-27-51-45)59(28-53-43)36-24-35(25-36)54-42(63)22-29-4-2-1-3-5-29/h1-11,23,27-28,31-32,35-36,39-40,44H,12-22,24-26H2,(H,54,63)(H,67,68)(H,51,52,55)(H,56,62,64)/t35?,36?,39-,40+,44-/m0/s1. The average molecular weight is 920 g/mol. The van der Waals surface area contributed by atoms with E-state index in [9.17, 15) is 33.9 Å². The number of carbonyl (C=O) groups excluding carboxylic acids is 5. The van der Waals surface area contributed by atoms with Gasteiger partial charge in [0.25, 0.3) is 11.8 Å². The Bertz CT molecular complexity index is 2800. The van der Waals surface area contributed by atoms with Crippen molar-refractivity contribution in [1.82, 2.24) is 50.0 Å². The second-order valence-corrected chi connectivity index (χ2v) is 19.2. The van der Waals surface area contributed by atoms with Crippen molar-refractivity contribution < 1.29 is 33.9 Å². The number of nitrogens with one attached hydrogen (secondary N) is 3. The molecule has 68 heavy (non-hydrogen) atoms. The summed E-state index contributed by atoms with van der Waals surface area (Å²) in [6.07, 6.45) is 9.28. The van der Waals surface area contributed by atoms with Gasteiger partial charge in [0, 0.05) is 49.9 Å². The third kappa shape index (κ3) is 8.19. The van der Waals surface area contributed by atoms with Crippen molar-refractivity contribution in [1.29, 1.82) is 0 Å². The highest BCUT2D eigenvalue weighted by atomic mass is 16.4. The molecule has 18 heteroatoms. The Morgan fingerprint density at radius 1 is 0.824 bits per heavy atom. The van der Waals surface area contributed by atoms with Gasteiger partial charge in [-0.15, -0.1) is 0 Å². The molecule has 350 valence electrons. The molecule has 5 amide bonds. The number of nitrogens with zero attached hydrogens (tertiary/aromatic N) is 8. The van der Waals surface area contributed by atoms with Gasteiger partial charge in [0.15, 0.2) is 17.0 Å². The van der Waals surface area contributed by atoms with Gasteiger partial charge < -0.3 is 25.2 Å². The Morgan fingerprint density at radius 3 is 2.31 bits per heavy atom. The third-order valence-electron chi connectivity index (χ3n) is 15.1. The van der Waals surface area contributed by atoms with Crippen LogP contribution in [0, 0.1) is 5.92 Å². The molecular weight excluding hydrogens is 867 g/mol. The van der Waals surface area contributed by atoms with Crippen LogP contribution in [0.2, 0.25) is 0 Å². The lowest BCUT2D eigenvalue weighted by atomic mass is 9.83. The van der Waals surface area contributed by atoms with Gasteiger partial charge in [-0.05, 0) is 111 Å². The van der Waals surface area contributed by atoms with Crippen LogP contribution in [0.3, 0.4) is 0 Å². The molecule has 1 aliphatic carbocycles. The Kier molecular flexibility index (Phi) is 11.5. The first-order chi connectivity index (χ1) is 33.1. The smallest absolute Gasteiger partial charge is 0.326 e. The largest absolute Gasteiger partial charge is 0.480 e. The molecule has 0 radical (unpaired) electrons. The monoisotopic (exact) mass is 919 g/mol. The number of rotatable bonds is 13. The number of imidazole rings is 1.